The molecule has 5 rings (SSSR count). The van der Waals surface area contributed by atoms with Crippen LogP contribution in [0.2, 0.25) is 0 Å². The summed E-state index contributed by atoms with van der Waals surface area (Å²) in [6.45, 7) is 1.02. The van der Waals surface area contributed by atoms with E-state index in [4.69, 9.17) is 14.7 Å². The smallest absolute Gasteiger partial charge is 0.169 e. The molecular formula is C23H21N3OS. The lowest BCUT2D eigenvalue weighted by molar-refractivity contribution is 0.414. The van der Waals surface area contributed by atoms with E-state index in [2.05, 4.69) is 41.0 Å². The molecule has 2 aromatic carbocycles. The average Bonchev–Trinajstić information content (AvgIpc) is 3.12. The first-order valence-corrected chi connectivity index (χ1v) is 10.5. The fraction of sp³-hybridized carbons (Fsp3) is 0.217. The van der Waals surface area contributed by atoms with Crippen molar-refractivity contribution in [3.05, 3.63) is 71.9 Å². The molecule has 1 aliphatic rings. The molecule has 0 atom stereocenters. The van der Waals surface area contributed by atoms with Crippen LogP contribution in [-0.4, -0.2) is 21.6 Å². The van der Waals surface area contributed by atoms with E-state index in [-0.39, 0.29) is 0 Å². The van der Waals surface area contributed by atoms with Gasteiger partial charge in [-0.05, 0) is 36.6 Å². The third-order valence-corrected chi connectivity index (χ3v) is 6.16. The van der Waals surface area contributed by atoms with Crippen LogP contribution < -0.4 is 4.74 Å². The summed E-state index contributed by atoms with van der Waals surface area (Å²) in [5, 5.41) is 1.07. The number of methoxy groups -OCH3 is 1. The van der Waals surface area contributed by atoms with E-state index < -0.39 is 0 Å². The number of ether oxygens (including phenoxy) is 1. The lowest BCUT2D eigenvalue weighted by Gasteiger charge is -2.17. The first kappa shape index (κ1) is 17.3. The van der Waals surface area contributed by atoms with Crippen molar-refractivity contribution >= 4 is 22.8 Å². The van der Waals surface area contributed by atoms with Crippen molar-refractivity contribution in [2.75, 3.05) is 7.11 Å². The standard InChI is InChI=1S/C23H21N3OS/c1-27-19-13-17-9-6-12-26-22(17)21(14-19)25-23(26)28-15-18-10-5-11-20(24-18)16-7-3-2-4-8-16/h2-5,7-8,10-11,13-14H,6,9,12,15H2,1H3. The van der Waals surface area contributed by atoms with E-state index in [0.717, 1.165) is 58.5 Å². The third-order valence-electron chi connectivity index (χ3n) is 5.15. The van der Waals surface area contributed by atoms with E-state index in [9.17, 15) is 0 Å². The van der Waals surface area contributed by atoms with Gasteiger partial charge in [0.25, 0.3) is 0 Å². The summed E-state index contributed by atoms with van der Waals surface area (Å²) in [6.07, 6.45) is 2.23. The largest absolute Gasteiger partial charge is 0.497 e. The van der Waals surface area contributed by atoms with Crippen molar-refractivity contribution in [2.45, 2.75) is 30.3 Å². The summed E-state index contributed by atoms with van der Waals surface area (Å²) in [5.74, 6) is 1.69. The Morgan fingerprint density at radius 3 is 2.79 bits per heavy atom. The summed E-state index contributed by atoms with van der Waals surface area (Å²) >= 11 is 1.76. The van der Waals surface area contributed by atoms with Gasteiger partial charge in [0.1, 0.15) is 5.75 Å². The van der Waals surface area contributed by atoms with Gasteiger partial charge in [-0.2, -0.15) is 0 Å². The predicted molar refractivity (Wildman–Crippen MR) is 114 cm³/mol. The maximum atomic E-state index is 5.46. The minimum Gasteiger partial charge on any atom is -0.497 e. The average molecular weight is 388 g/mol. The number of aryl methyl sites for hydroxylation is 2. The molecule has 3 heterocycles. The van der Waals surface area contributed by atoms with Gasteiger partial charge in [0.05, 0.1) is 29.5 Å². The molecule has 140 valence electrons. The van der Waals surface area contributed by atoms with Crippen LogP contribution in [0.5, 0.6) is 5.75 Å². The van der Waals surface area contributed by atoms with Crippen LogP contribution in [0.4, 0.5) is 0 Å². The Morgan fingerprint density at radius 1 is 1.04 bits per heavy atom. The van der Waals surface area contributed by atoms with Crippen LogP contribution >= 0.6 is 11.8 Å². The second-order valence-corrected chi connectivity index (χ2v) is 7.92. The van der Waals surface area contributed by atoms with Gasteiger partial charge in [-0.15, -0.1) is 0 Å². The molecule has 0 radical (unpaired) electrons. The number of aromatic nitrogens is 3. The predicted octanol–water partition coefficient (Wildman–Crippen LogP) is 5.35. The van der Waals surface area contributed by atoms with Crippen LogP contribution in [0.1, 0.15) is 17.7 Å². The molecule has 5 heteroatoms. The SMILES string of the molecule is COc1cc2c3c(c1)nc(SCc1cccc(-c4ccccc4)n1)n3CCC2. The second-order valence-electron chi connectivity index (χ2n) is 6.97. The molecule has 0 spiro atoms. The van der Waals surface area contributed by atoms with E-state index in [1.807, 2.05) is 24.3 Å². The summed E-state index contributed by atoms with van der Waals surface area (Å²) in [7, 11) is 1.72. The van der Waals surface area contributed by atoms with Crippen molar-refractivity contribution in [2.24, 2.45) is 0 Å². The zero-order valence-electron chi connectivity index (χ0n) is 15.8. The lowest BCUT2D eigenvalue weighted by atomic mass is 10.0. The van der Waals surface area contributed by atoms with E-state index >= 15 is 0 Å². The normalized spacial score (nSPS) is 13.0. The number of benzene rings is 2. The first-order chi connectivity index (χ1) is 13.8. The van der Waals surface area contributed by atoms with Crippen molar-refractivity contribution in [1.29, 1.82) is 0 Å². The zero-order valence-corrected chi connectivity index (χ0v) is 16.6. The van der Waals surface area contributed by atoms with Crippen LogP contribution in [0.25, 0.3) is 22.3 Å². The molecule has 0 saturated carbocycles. The van der Waals surface area contributed by atoms with Crippen molar-refractivity contribution < 1.29 is 4.74 Å². The summed E-state index contributed by atoms with van der Waals surface area (Å²) in [4.78, 5) is 9.76. The number of hydrogen-bond acceptors (Lipinski definition) is 4. The minimum atomic E-state index is 0.802. The highest BCUT2D eigenvalue weighted by Gasteiger charge is 2.19. The van der Waals surface area contributed by atoms with Gasteiger partial charge < -0.3 is 9.30 Å². The fourth-order valence-corrected chi connectivity index (χ4v) is 4.77. The molecule has 0 saturated heterocycles. The van der Waals surface area contributed by atoms with Crippen LogP contribution in [0.3, 0.4) is 0 Å². The van der Waals surface area contributed by atoms with Gasteiger partial charge >= 0.3 is 0 Å². The highest BCUT2D eigenvalue weighted by atomic mass is 32.2. The number of rotatable bonds is 5. The zero-order chi connectivity index (χ0) is 18.9. The Morgan fingerprint density at radius 2 is 1.93 bits per heavy atom. The van der Waals surface area contributed by atoms with Gasteiger partial charge in [-0.1, -0.05) is 48.2 Å². The Labute approximate surface area is 168 Å². The van der Waals surface area contributed by atoms with Crippen LogP contribution in [0, 0.1) is 0 Å². The van der Waals surface area contributed by atoms with Gasteiger partial charge in [-0.3, -0.25) is 4.98 Å². The van der Waals surface area contributed by atoms with Gasteiger partial charge in [0, 0.05) is 23.9 Å². The molecule has 0 amide bonds. The number of thioether (sulfide) groups is 1. The fourth-order valence-electron chi connectivity index (χ4n) is 3.83. The first-order valence-electron chi connectivity index (χ1n) is 9.53. The van der Waals surface area contributed by atoms with E-state index in [1.165, 1.54) is 11.1 Å². The molecule has 4 aromatic rings. The number of hydrogen-bond donors (Lipinski definition) is 0. The molecular weight excluding hydrogens is 366 g/mol. The molecule has 4 nitrogen and oxygen atoms in total. The molecule has 1 aliphatic heterocycles. The molecule has 2 aromatic heterocycles. The third kappa shape index (κ3) is 3.16. The van der Waals surface area contributed by atoms with Crippen molar-refractivity contribution in [1.82, 2.24) is 14.5 Å². The topological polar surface area (TPSA) is 39.9 Å². The van der Waals surface area contributed by atoms with Gasteiger partial charge in [0.2, 0.25) is 0 Å². The molecule has 0 N–H and O–H groups in total. The minimum absolute atomic E-state index is 0.802. The Bertz CT molecular complexity index is 1140. The monoisotopic (exact) mass is 387 g/mol. The Balaban J connectivity index is 1.43. The molecule has 28 heavy (non-hydrogen) atoms. The molecule has 0 bridgehead atoms. The van der Waals surface area contributed by atoms with Crippen LogP contribution in [-0.2, 0) is 18.7 Å². The maximum Gasteiger partial charge on any atom is 0.169 e. The highest BCUT2D eigenvalue weighted by molar-refractivity contribution is 7.98. The summed E-state index contributed by atoms with van der Waals surface area (Å²) in [5.41, 5.74) is 6.86. The van der Waals surface area contributed by atoms with Crippen molar-refractivity contribution in [3.63, 3.8) is 0 Å². The molecule has 0 unspecified atom stereocenters. The number of nitrogens with zero attached hydrogens (tertiary/aromatic N) is 3. The second kappa shape index (κ2) is 7.32. The van der Waals surface area contributed by atoms with Crippen LogP contribution in [0.15, 0.2) is 65.8 Å². The van der Waals surface area contributed by atoms with E-state index in [0.29, 0.717) is 0 Å². The quantitative estimate of drug-likeness (QED) is 0.433. The highest BCUT2D eigenvalue weighted by Crippen LogP contribution is 2.34. The molecule has 0 aliphatic carbocycles. The Kier molecular flexibility index (Phi) is 4.53. The molecule has 0 fully saturated rings. The van der Waals surface area contributed by atoms with Crippen molar-refractivity contribution in [3.8, 4) is 17.0 Å². The maximum absolute atomic E-state index is 5.46. The summed E-state index contributed by atoms with van der Waals surface area (Å²) < 4.78 is 7.82. The van der Waals surface area contributed by atoms with E-state index in [1.54, 1.807) is 18.9 Å². The number of pyridine rings is 1. The van der Waals surface area contributed by atoms with Gasteiger partial charge in [-0.25, -0.2) is 4.98 Å². The number of imidazole rings is 1. The Hall–Kier alpha value is -2.79. The lowest BCUT2D eigenvalue weighted by Crippen LogP contribution is -2.08. The van der Waals surface area contributed by atoms with Gasteiger partial charge in [0.15, 0.2) is 5.16 Å². The summed E-state index contributed by atoms with van der Waals surface area (Å²) in [6, 6.07) is 20.7.